The number of anilines is 1. The summed E-state index contributed by atoms with van der Waals surface area (Å²) in [6, 6.07) is 0.909. The third-order valence-corrected chi connectivity index (χ3v) is 3.42. The first-order valence-corrected chi connectivity index (χ1v) is 6.06. The smallest absolute Gasteiger partial charge is 0.306 e. The summed E-state index contributed by atoms with van der Waals surface area (Å²) >= 11 is 0. The number of hydrogen-bond donors (Lipinski definition) is 2. The van der Waals surface area contributed by atoms with Crippen LogP contribution in [0.2, 0.25) is 0 Å². The number of halogens is 3. The standard InChI is InChI=1S/C13H12F3NO3/c14-8-4-10(16)11(5-9(8)15)17-12(18)6-1-2-7(3-6)13(19)20/h4-7H,1-3H2,(H,17,18)(H,19,20)/t6-,7+/m1/s1. The summed E-state index contributed by atoms with van der Waals surface area (Å²) in [5.74, 6) is -6.41. The molecule has 0 unspecified atom stereocenters. The van der Waals surface area contributed by atoms with Gasteiger partial charge in [-0.2, -0.15) is 0 Å². The quantitative estimate of drug-likeness (QED) is 0.840. The first-order valence-electron chi connectivity index (χ1n) is 6.06. The molecule has 7 heteroatoms. The van der Waals surface area contributed by atoms with Gasteiger partial charge in [-0.1, -0.05) is 0 Å². The number of carboxylic acids is 1. The van der Waals surface area contributed by atoms with E-state index in [1.54, 1.807) is 0 Å². The molecule has 108 valence electrons. The number of rotatable bonds is 3. The van der Waals surface area contributed by atoms with Gasteiger partial charge in [-0.15, -0.1) is 0 Å². The third-order valence-electron chi connectivity index (χ3n) is 3.42. The van der Waals surface area contributed by atoms with Crippen LogP contribution in [0.15, 0.2) is 12.1 Å². The molecular formula is C13H12F3NO3. The van der Waals surface area contributed by atoms with Crippen LogP contribution in [0.4, 0.5) is 18.9 Å². The van der Waals surface area contributed by atoms with Gasteiger partial charge < -0.3 is 10.4 Å². The van der Waals surface area contributed by atoms with Gasteiger partial charge in [0, 0.05) is 18.1 Å². The normalized spacial score (nSPS) is 21.8. The molecule has 0 aliphatic heterocycles. The van der Waals surface area contributed by atoms with Crippen LogP contribution in [0.25, 0.3) is 0 Å². The SMILES string of the molecule is O=C(O)[C@H]1CC[C@@H](C(=O)Nc2cc(F)c(F)cc2F)C1. The molecule has 1 aliphatic rings. The van der Waals surface area contributed by atoms with Gasteiger partial charge in [-0.05, 0) is 19.3 Å². The molecule has 0 radical (unpaired) electrons. The molecule has 0 bridgehead atoms. The number of nitrogens with one attached hydrogen (secondary N) is 1. The Morgan fingerprint density at radius 2 is 1.65 bits per heavy atom. The van der Waals surface area contributed by atoms with Crippen molar-refractivity contribution in [1.29, 1.82) is 0 Å². The van der Waals surface area contributed by atoms with E-state index >= 15 is 0 Å². The molecule has 0 spiro atoms. The van der Waals surface area contributed by atoms with E-state index in [4.69, 9.17) is 5.11 Å². The Balaban J connectivity index is 2.06. The number of aliphatic carboxylic acids is 1. The zero-order valence-electron chi connectivity index (χ0n) is 10.3. The second kappa shape index (κ2) is 5.52. The van der Waals surface area contributed by atoms with Gasteiger partial charge in [0.25, 0.3) is 0 Å². The monoisotopic (exact) mass is 287 g/mol. The van der Waals surface area contributed by atoms with Gasteiger partial charge in [-0.3, -0.25) is 9.59 Å². The van der Waals surface area contributed by atoms with E-state index in [1.165, 1.54) is 0 Å². The molecule has 1 fully saturated rings. The second-order valence-electron chi connectivity index (χ2n) is 4.78. The fourth-order valence-electron chi connectivity index (χ4n) is 2.30. The lowest BCUT2D eigenvalue weighted by Gasteiger charge is -2.11. The zero-order valence-corrected chi connectivity index (χ0v) is 10.3. The van der Waals surface area contributed by atoms with Gasteiger partial charge in [0.2, 0.25) is 5.91 Å². The number of benzene rings is 1. The van der Waals surface area contributed by atoms with Gasteiger partial charge in [0.05, 0.1) is 11.6 Å². The predicted molar refractivity (Wildman–Crippen MR) is 63.4 cm³/mol. The maximum atomic E-state index is 13.4. The van der Waals surface area contributed by atoms with Crippen molar-refractivity contribution in [2.24, 2.45) is 11.8 Å². The third kappa shape index (κ3) is 2.92. The van der Waals surface area contributed by atoms with E-state index in [-0.39, 0.29) is 6.42 Å². The highest BCUT2D eigenvalue weighted by molar-refractivity contribution is 5.93. The lowest BCUT2D eigenvalue weighted by atomic mass is 10.0. The minimum atomic E-state index is -1.34. The van der Waals surface area contributed by atoms with Crippen LogP contribution < -0.4 is 5.32 Å². The zero-order chi connectivity index (χ0) is 14.9. The molecule has 1 aromatic rings. The lowest BCUT2D eigenvalue weighted by molar-refractivity contribution is -0.141. The molecule has 1 aromatic carbocycles. The van der Waals surface area contributed by atoms with E-state index < -0.39 is 46.9 Å². The molecule has 0 aromatic heterocycles. The Kier molecular flexibility index (Phi) is 3.96. The summed E-state index contributed by atoms with van der Waals surface area (Å²) < 4.78 is 39.1. The molecule has 2 atom stereocenters. The average molecular weight is 287 g/mol. The molecule has 1 amide bonds. The minimum Gasteiger partial charge on any atom is -0.481 e. The van der Waals surface area contributed by atoms with Gasteiger partial charge in [-0.25, -0.2) is 13.2 Å². The van der Waals surface area contributed by atoms with Crippen molar-refractivity contribution >= 4 is 17.6 Å². The van der Waals surface area contributed by atoms with Crippen LogP contribution in [0, 0.1) is 29.3 Å². The van der Waals surface area contributed by atoms with Crippen LogP contribution in [-0.4, -0.2) is 17.0 Å². The van der Waals surface area contributed by atoms with E-state index in [9.17, 15) is 22.8 Å². The van der Waals surface area contributed by atoms with Crippen molar-refractivity contribution in [2.75, 3.05) is 5.32 Å². The maximum absolute atomic E-state index is 13.4. The van der Waals surface area contributed by atoms with E-state index in [2.05, 4.69) is 5.32 Å². The summed E-state index contributed by atoms with van der Waals surface area (Å²) in [7, 11) is 0. The summed E-state index contributed by atoms with van der Waals surface area (Å²) in [6.45, 7) is 0. The molecule has 4 nitrogen and oxygen atoms in total. The number of carbonyl (C=O) groups is 2. The van der Waals surface area contributed by atoms with Gasteiger partial charge >= 0.3 is 5.97 Å². The highest BCUT2D eigenvalue weighted by atomic mass is 19.2. The Bertz CT molecular complexity index is 562. The molecule has 0 saturated heterocycles. The Hall–Kier alpha value is -2.05. The van der Waals surface area contributed by atoms with E-state index in [1.807, 2.05) is 0 Å². The van der Waals surface area contributed by atoms with Crippen LogP contribution >= 0.6 is 0 Å². The number of carboxylic acid groups (broad SMARTS) is 1. The average Bonchev–Trinajstić information content (AvgIpc) is 2.85. The number of carbonyl (C=O) groups excluding carboxylic acids is 1. The molecule has 2 N–H and O–H groups in total. The van der Waals surface area contributed by atoms with Crippen molar-refractivity contribution in [2.45, 2.75) is 19.3 Å². The van der Waals surface area contributed by atoms with E-state index in [0.29, 0.717) is 25.0 Å². The fourth-order valence-corrected chi connectivity index (χ4v) is 2.30. The van der Waals surface area contributed by atoms with Crippen LogP contribution in [0.5, 0.6) is 0 Å². The highest BCUT2D eigenvalue weighted by Crippen LogP contribution is 2.32. The summed E-state index contributed by atoms with van der Waals surface area (Å²) in [5.41, 5.74) is -0.451. The molecule has 1 saturated carbocycles. The van der Waals surface area contributed by atoms with Crippen LogP contribution in [0.3, 0.4) is 0 Å². The van der Waals surface area contributed by atoms with Crippen molar-refractivity contribution < 1.29 is 27.9 Å². The Morgan fingerprint density at radius 3 is 2.25 bits per heavy atom. The van der Waals surface area contributed by atoms with Crippen LogP contribution in [-0.2, 0) is 9.59 Å². The lowest BCUT2D eigenvalue weighted by Crippen LogP contribution is -2.22. The second-order valence-corrected chi connectivity index (χ2v) is 4.78. The fraction of sp³-hybridized carbons (Fsp3) is 0.385. The van der Waals surface area contributed by atoms with Crippen molar-refractivity contribution in [3.63, 3.8) is 0 Å². The topological polar surface area (TPSA) is 66.4 Å². The Morgan fingerprint density at radius 1 is 1.05 bits per heavy atom. The van der Waals surface area contributed by atoms with Gasteiger partial charge in [0.1, 0.15) is 5.82 Å². The molecule has 1 aliphatic carbocycles. The van der Waals surface area contributed by atoms with Crippen molar-refractivity contribution in [3.8, 4) is 0 Å². The maximum Gasteiger partial charge on any atom is 0.306 e. The van der Waals surface area contributed by atoms with E-state index in [0.717, 1.165) is 0 Å². The molecule has 2 rings (SSSR count). The summed E-state index contributed by atoms with van der Waals surface area (Å²) in [6.07, 6.45) is 0.897. The van der Waals surface area contributed by atoms with Crippen molar-refractivity contribution in [3.05, 3.63) is 29.6 Å². The first kappa shape index (κ1) is 14.4. The predicted octanol–water partition coefficient (Wildman–Crippen LogP) is 2.54. The largest absolute Gasteiger partial charge is 0.481 e. The van der Waals surface area contributed by atoms with Crippen molar-refractivity contribution in [1.82, 2.24) is 0 Å². The number of amides is 1. The van der Waals surface area contributed by atoms with Gasteiger partial charge in [0.15, 0.2) is 11.6 Å². The number of hydrogen-bond acceptors (Lipinski definition) is 2. The first-order chi connectivity index (χ1) is 9.38. The summed E-state index contributed by atoms with van der Waals surface area (Å²) in [4.78, 5) is 22.6. The molecule has 20 heavy (non-hydrogen) atoms. The molecule has 0 heterocycles. The van der Waals surface area contributed by atoms with Crippen LogP contribution in [0.1, 0.15) is 19.3 Å². The minimum absolute atomic E-state index is 0.159. The highest BCUT2D eigenvalue weighted by Gasteiger charge is 2.34. The Labute approximate surface area is 112 Å². The molecular weight excluding hydrogens is 275 g/mol. The summed E-state index contributed by atoms with van der Waals surface area (Å²) in [5, 5.41) is 11.0.